The Morgan fingerprint density at radius 1 is 0.850 bits per heavy atom. The largest absolute Gasteiger partial charge is 0.294 e. The van der Waals surface area contributed by atoms with Gasteiger partial charge in [-0.25, -0.2) is 0 Å². The molecule has 102 valence electrons. The minimum atomic E-state index is -0.115. The summed E-state index contributed by atoms with van der Waals surface area (Å²) in [5.74, 6) is -0.172. The van der Waals surface area contributed by atoms with Crippen molar-refractivity contribution in [2.24, 2.45) is 0 Å². The first kappa shape index (κ1) is 14.9. The van der Waals surface area contributed by atoms with Crippen LogP contribution in [0.1, 0.15) is 33.6 Å². The lowest BCUT2D eigenvalue weighted by Crippen LogP contribution is -2.06. The molecule has 0 fully saturated rings. The van der Waals surface area contributed by atoms with Gasteiger partial charge in [0, 0.05) is 28.4 Å². The van der Waals surface area contributed by atoms with Crippen LogP contribution in [0.25, 0.3) is 0 Å². The molecule has 2 rings (SSSR count). The first-order chi connectivity index (χ1) is 9.59. The van der Waals surface area contributed by atoms with Crippen molar-refractivity contribution in [2.45, 2.75) is 12.8 Å². The highest BCUT2D eigenvalue weighted by molar-refractivity contribution is 9.10. The van der Waals surface area contributed by atoms with Gasteiger partial charge in [0.15, 0.2) is 11.6 Å². The van der Waals surface area contributed by atoms with E-state index in [1.54, 1.807) is 36.4 Å². The fraction of sp³-hybridized carbons (Fsp3) is 0.125. The zero-order chi connectivity index (χ0) is 14.5. The van der Waals surface area contributed by atoms with E-state index in [4.69, 9.17) is 11.6 Å². The monoisotopic (exact) mass is 350 g/mol. The first-order valence-electron chi connectivity index (χ1n) is 6.15. The summed E-state index contributed by atoms with van der Waals surface area (Å²) in [4.78, 5) is 24.1. The number of carbonyl (C=O) groups excluding carboxylic acids is 2. The normalized spacial score (nSPS) is 10.3. The molecular formula is C16H12BrClO2. The van der Waals surface area contributed by atoms with Crippen molar-refractivity contribution in [3.8, 4) is 0 Å². The number of hydrogen-bond donors (Lipinski definition) is 0. The molecule has 2 nitrogen and oxygen atoms in total. The Balaban J connectivity index is 2.03. The Morgan fingerprint density at radius 3 is 1.95 bits per heavy atom. The van der Waals surface area contributed by atoms with E-state index in [1.807, 2.05) is 12.1 Å². The van der Waals surface area contributed by atoms with Gasteiger partial charge in [-0.2, -0.15) is 0 Å². The zero-order valence-electron chi connectivity index (χ0n) is 10.6. The summed E-state index contributed by atoms with van der Waals surface area (Å²) in [5.41, 5.74) is 1.06. The summed E-state index contributed by atoms with van der Waals surface area (Å²) in [6.07, 6.45) is 0.330. The van der Waals surface area contributed by atoms with Crippen LogP contribution >= 0.6 is 27.5 Å². The molecule has 0 aliphatic rings. The molecule has 0 saturated carbocycles. The van der Waals surface area contributed by atoms with Crippen molar-refractivity contribution in [3.63, 3.8) is 0 Å². The number of carbonyl (C=O) groups is 2. The predicted molar refractivity (Wildman–Crippen MR) is 83.5 cm³/mol. The summed E-state index contributed by atoms with van der Waals surface area (Å²) >= 11 is 9.30. The van der Waals surface area contributed by atoms with Gasteiger partial charge < -0.3 is 0 Å². The minimum absolute atomic E-state index is 0.0575. The van der Waals surface area contributed by atoms with Gasteiger partial charge in [-0.05, 0) is 18.2 Å². The number of benzene rings is 2. The molecule has 0 bridgehead atoms. The van der Waals surface area contributed by atoms with E-state index in [0.717, 1.165) is 4.47 Å². The fourth-order valence-corrected chi connectivity index (χ4v) is 2.62. The van der Waals surface area contributed by atoms with Crippen LogP contribution in [0.3, 0.4) is 0 Å². The SMILES string of the molecule is O=C(CCC(=O)c1ccccc1Br)c1ccccc1Cl. The second-order valence-electron chi connectivity index (χ2n) is 4.31. The Kier molecular flexibility index (Phi) is 5.10. The van der Waals surface area contributed by atoms with Crippen molar-refractivity contribution < 1.29 is 9.59 Å². The van der Waals surface area contributed by atoms with Gasteiger partial charge in [0.05, 0.1) is 5.02 Å². The van der Waals surface area contributed by atoms with E-state index in [-0.39, 0.29) is 24.4 Å². The lowest BCUT2D eigenvalue weighted by molar-refractivity contribution is 0.0917. The molecular weight excluding hydrogens is 340 g/mol. The Bertz CT molecular complexity index is 595. The Labute approximate surface area is 130 Å². The lowest BCUT2D eigenvalue weighted by Gasteiger charge is -2.04. The molecule has 0 aliphatic carbocycles. The Hall–Kier alpha value is -1.45. The summed E-state index contributed by atoms with van der Waals surface area (Å²) in [5, 5.41) is 0.422. The van der Waals surface area contributed by atoms with Gasteiger partial charge in [0.25, 0.3) is 0 Å². The van der Waals surface area contributed by atoms with Crippen LogP contribution < -0.4 is 0 Å². The molecule has 0 amide bonds. The van der Waals surface area contributed by atoms with Crippen LogP contribution in [0, 0.1) is 0 Å². The second-order valence-corrected chi connectivity index (χ2v) is 5.57. The van der Waals surface area contributed by atoms with Crippen LogP contribution in [-0.2, 0) is 0 Å². The predicted octanol–water partition coefficient (Wildman–Crippen LogP) is 4.95. The van der Waals surface area contributed by atoms with E-state index in [9.17, 15) is 9.59 Å². The maximum atomic E-state index is 12.1. The van der Waals surface area contributed by atoms with Crippen molar-refractivity contribution in [3.05, 3.63) is 69.2 Å². The van der Waals surface area contributed by atoms with Crippen molar-refractivity contribution >= 4 is 39.1 Å². The van der Waals surface area contributed by atoms with E-state index in [2.05, 4.69) is 15.9 Å². The molecule has 4 heteroatoms. The summed E-state index contributed by atoms with van der Waals surface area (Å²) in [7, 11) is 0. The molecule has 0 saturated heterocycles. The number of halogens is 2. The lowest BCUT2D eigenvalue weighted by atomic mass is 10.0. The molecule has 0 atom stereocenters. The fourth-order valence-electron chi connectivity index (χ4n) is 1.87. The third-order valence-electron chi connectivity index (χ3n) is 2.93. The molecule has 0 aliphatic heterocycles. The van der Waals surface area contributed by atoms with Crippen molar-refractivity contribution in [2.75, 3.05) is 0 Å². The second kappa shape index (κ2) is 6.82. The van der Waals surface area contributed by atoms with Gasteiger partial charge in [-0.3, -0.25) is 9.59 Å². The average molecular weight is 352 g/mol. The minimum Gasteiger partial charge on any atom is -0.294 e. The molecule has 2 aromatic rings. The van der Waals surface area contributed by atoms with Crippen LogP contribution in [0.4, 0.5) is 0 Å². The highest BCUT2D eigenvalue weighted by Crippen LogP contribution is 2.20. The van der Waals surface area contributed by atoms with Crippen LogP contribution in [0.2, 0.25) is 5.02 Å². The molecule has 2 aromatic carbocycles. The zero-order valence-corrected chi connectivity index (χ0v) is 12.9. The average Bonchev–Trinajstić information content (AvgIpc) is 2.45. The standard InChI is InChI=1S/C16H12BrClO2/c17-13-7-3-1-5-11(13)15(19)9-10-16(20)12-6-2-4-8-14(12)18/h1-8H,9-10H2. The molecule has 0 unspecified atom stereocenters. The van der Waals surface area contributed by atoms with Crippen LogP contribution in [0.15, 0.2) is 53.0 Å². The van der Waals surface area contributed by atoms with Gasteiger partial charge in [-0.15, -0.1) is 0 Å². The quantitative estimate of drug-likeness (QED) is 0.714. The number of Topliss-reactive ketones (excluding diaryl/α,β-unsaturated/α-hetero) is 2. The number of ketones is 2. The number of hydrogen-bond acceptors (Lipinski definition) is 2. The molecule has 0 heterocycles. The number of rotatable bonds is 5. The van der Waals surface area contributed by atoms with E-state index in [1.165, 1.54) is 0 Å². The molecule has 0 spiro atoms. The third kappa shape index (κ3) is 3.56. The molecule has 0 aromatic heterocycles. The van der Waals surface area contributed by atoms with Crippen LogP contribution in [-0.4, -0.2) is 11.6 Å². The smallest absolute Gasteiger partial charge is 0.164 e. The van der Waals surface area contributed by atoms with E-state index >= 15 is 0 Å². The van der Waals surface area contributed by atoms with E-state index < -0.39 is 0 Å². The first-order valence-corrected chi connectivity index (χ1v) is 7.32. The highest BCUT2D eigenvalue weighted by atomic mass is 79.9. The summed E-state index contributed by atoms with van der Waals surface area (Å²) in [6.45, 7) is 0. The maximum Gasteiger partial charge on any atom is 0.164 e. The van der Waals surface area contributed by atoms with Gasteiger partial charge >= 0.3 is 0 Å². The maximum absolute atomic E-state index is 12.1. The van der Waals surface area contributed by atoms with Gasteiger partial charge in [0.2, 0.25) is 0 Å². The van der Waals surface area contributed by atoms with Crippen molar-refractivity contribution in [1.29, 1.82) is 0 Å². The van der Waals surface area contributed by atoms with Gasteiger partial charge in [0.1, 0.15) is 0 Å². The van der Waals surface area contributed by atoms with Crippen molar-refractivity contribution in [1.82, 2.24) is 0 Å². The van der Waals surface area contributed by atoms with Crippen LogP contribution in [0.5, 0.6) is 0 Å². The molecule has 0 radical (unpaired) electrons. The molecule has 0 N–H and O–H groups in total. The van der Waals surface area contributed by atoms with Gasteiger partial charge in [-0.1, -0.05) is 57.9 Å². The molecule has 20 heavy (non-hydrogen) atoms. The summed E-state index contributed by atoms with van der Waals surface area (Å²) in [6, 6.07) is 14.1. The Morgan fingerprint density at radius 2 is 1.35 bits per heavy atom. The topological polar surface area (TPSA) is 34.1 Å². The third-order valence-corrected chi connectivity index (χ3v) is 3.95. The summed E-state index contributed by atoms with van der Waals surface area (Å²) < 4.78 is 0.746. The highest BCUT2D eigenvalue weighted by Gasteiger charge is 2.14. The van der Waals surface area contributed by atoms with E-state index in [0.29, 0.717) is 16.1 Å².